The molecule has 0 atom stereocenters. The maximum absolute atomic E-state index is 13.2. The van der Waals surface area contributed by atoms with Crippen molar-refractivity contribution in [2.75, 3.05) is 12.8 Å². The molecule has 0 radical (unpaired) electrons. The summed E-state index contributed by atoms with van der Waals surface area (Å²) < 4.78 is 93.2. The van der Waals surface area contributed by atoms with Crippen molar-refractivity contribution in [1.82, 2.24) is 19.9 Å². The Morgan fingerprint density at radius 3 is 2.49 bits per heavy atom. The Kier molecular flexibility index (Phi) is 10.2. The highest BCUT2D eigenvalue weighted by molar-refractivity contribution is 7.91. The molecule has 15 heteroatoms. The number of pyridine rings is 1. The van der Waals surface area contributed by atoms with Gasteiger partial charge in [0.05, 0.1) is 5.25 Å². The molecule has 0 bridgehead atoms. The van der Waals surface area contributed by atoms with E-state index < -0.39 is 40.7 Å². The third kappa shape index (κ3) is 8.50. The van der Waals surface area contributed by atoms with Crippen LogP contribution in [0, 0.1) is 5.92 Å². The summed E-state index contributed by atoms with van der Waals surface area (Å²) in [5, 5.41) is 2.19. The van der Waals surface area contributed by atoms with Gasteiger partial charge >= 0.3 is 12.8 Å². The molecule has 3 rings (SSSR count). The second-order valence-corrected chi connectivity index (χ2v) is 12.2. The predicted molar refractivity (Wildman–Crippen MR) is 134 cm³/mol. The van der Waals surface area contributed by atoms with Crippen molar-refractivity contribution in [2.45, 2.75) is 76.3 Å². The third-order valence-corrected chi connectivity index (χ3v) is 8.65. The van der Waals surface area contributed by atoms with E-state index in [9.17, 15) is 35.2 Å². The second kappa shape index (κ2) is 12.8. The molecule has 1 aliphatic rings. The highest BCUT2D eigenvalue weighted by Crippen LogP contribution is 2.32. The minimum absolute atomic E-state index is 0.0650. The monoisotopic (exact) mass is 600 g/mol. The van der Waals surface area contributed by atoms with Crippen LogP contribution in [0.2, 0.25) is 5.15 Å². The standard InChI is InChI=1S/C24H30ClF5N4O4S/c1-3-18-33-19(22(35)32-12-14-6-8-16(9-7-14)39(2,36)37)20(25)34(18)21-17(38-23(26)27)11-15(13-31-21)5-4-10-24(28,29)30/h11,13-14,16,23H,3-10,12H2,1-2H3,(H,32,35)/t14-,16-. The number of hydrogen-bond acceptors (Lipinski definition) is 6. The van der Waals surface area contributed by atoms with Crippen LogP contribution in [0.4, 0.5) is 22.0 Å². The summed E-state index contributed by atoms with van der Waals surface area (Å²) in [5.41, 5.74) is 0.105. The minimum atomic E-state index is -4.34. The van der Waals surface area contributed by atoms with E-state index in [-0.39, 0.29) is 65.0 Å². The van der Waals surface area contributed by atoms with Crippen molar-refractivity contribution >= 4 is 27.3 Å². The van der Waals surface area contributed by atoms with Crippen molar-refractivity contribution in [3.05, 3.63) is 34.5 Å². The number of alkyl halides is 5. The zero-order chi connectivity index (χ0) is 29.0. The molecule has 39 heavy (non-hydrogen) atoms. The van der Waals surface area contributed by atoms with Crippen molar-refractivity contribution in [1.29, 1.82) is 0 Å². The number of ether oxygens (including phenoxy) is 1. The SMILES string of the molecule is CCc1nc(C(=O)NC[C@H]2CC[C@H](S(C)(=O)=O)CC2)c(Cl)n1-c1ncc(CCCC(F)(F)F)cc1OC(F)F. The van der Waals surface area contributed by atoms with Gasteiger partial charge in [0.25, 0.3) is 5.91 Å². The van der Waals surface area contributed by atoms with Crippen LogP contribution in [0.1, 0.15) is 67.3 Å². The van der Waals surface area contributed by atoms with Gasteiger partial charge < -0.3 is 10.1 Å². The van der Waals surface area contributed by atoms with Gasteiger partial charge in [0.1, 0.15) is 20.8 Å². The van der Waals surface area contributed by atoms with Gasteiger partial charge in [0.2, 0.25) is 0 Å². The molecule has 1 fully saturated rings. The van der Waals surface area contributed by atoms with E-state index in [1.165, 1.54) is 23.1 Å². The molecule has 1 amide bonds. The number of rotatable bonds is 11. The Labute approximate surface area is 228 Å². The van der Waals surface area contributed by atoms with E-state index in [4.69, 9.17) is 11.6 Å². The van der Waals surface area contributed by atoms with E-state index in [2.05, 4.69) is 20.0 Å². The number of halogens is 6. The summed E-state index contributed by atoms with van der Waals surface area (Å²) >= 11 is 6.48. The number of aromatic nitrogens is 3. The predicted octanol–water partition coefficient (Wildman–Crippen LogP) is 5.30. The lowest BCUT2D eigenvalue weighted by molar-refractivity contribution is -0.135. The minimum Gasteiger partial charge on any atom is -0.431 e. The topological polar surface area (TPSA) is 103 Å². The fraction of sp³-hybridized carbons (Fsp3) is 0.625. The summed E-state index contributed by atoms with van der Waals surface area (Å²) in [6, 6.07) is 1.17. The number of carbonyl (C=O) groups is 1. The van der Waals surface area contributed by atoms with Crippen LogP contribution in [0.15, 0.2) is 12.3 Å². The van der Waals surface area contributed by atoms with Crippen LogP contribution in [0.5, 0.6) is 5.75 Å². The quantitative estimate of drug-likeness (QED) is 0.351. The zero-order valence-corrected chi connectivity index (χ0v) is 23.0. The smallest absolute Gasteiger partial charge is 0.389 e. The van der Waals surface area contributed by atoms with Crippen molar-refractivity contribution in [3.8, 4) is 11.6 Å². The molecule has 0 saturated heterocycles. The summed E-state index contributed by atoms with van der Waals surface area (Å²) in [6.45, 7) is -1.26. The Morgan fingerprint density at radius 2 is 1.92 bits per heavy atom. The van der Waals surface area contributed by atoms with Gasteiger partial charge in [-0.3, -0.25) is 9.36 Å². The number of carbonyl (C=O) groups excluding carboxylic acids is 1. The van der Waals surface area contributed by atoms with Gasteiger partial charge in [-0.15, -0.1) is 0 Å². The Balaban J connectivity index is 1.79. The molecule has 0 aromatic carbocycles. The fourth-order valence-corrected chi connectivity index (χ4v) is 6.02. The molecule has 2 aromatic heterocycles. The highest BCUT2D eigenvalue weighted by atomic mass is 35.5. The maximum atomic E-state index is 13.2. The number of sulfone groups is 1. The number of amides is 1. The third-order valence-electron chi connectivity index (χ3n) is 6.62. The summed E-state index contributed by atoms with van der Waals surface area (Å²) in [4.78, 5) is 21.3. The van der Waals surface area contributed by atoms with E-state index >= 15 is 0 Å². The number of aryl methyl sites for hydroxylation is 2. The van der Waals surface area contributed by atoms with Gasteiger partial charge in [0.15, 0.2) is 17.3 Å². The van der Waals surface area contributed by atoms with Crippen molar-refractivity contribution < 1.29 is 39.9 Å². The molecule has 0 aliphatic heterocycles. The summed E-state index contributed by atoms with van der Waals surface area (Å²) in [5.74, 6) is -0.884. The van der Waals surface area contributed by atoms with Crippen LogP contribution in [0.25, 0.3) is 5.82 Å². The van der Waals surface area contributed by atoms with Crippen LogP contribution >= 0.6 is 11.6 Å². The first-order valence-corrected chi connectivity index (χ1v) is 14.8. The fourth-order valence-electron chi connectivity index (χ4n) is 4.58. The number of nitrogens with one attached hydrogen (secondary N) is 1. The normalized spacial score (nSPS) is 18.4. The first kappa shape index (κ1) is 31.1. The Hall–Kier alpha value is -2.48. The number of hydrogen-bond donors (Lipinski definition) is 1. The molecular weight excluding hydrogens is 571 g/mol. The number of nitrogens with zero attached hydrogens (tertiary/aromatic N) is 3. The lowest BCUT2D eigenvalue weighted by atomic mass is 9.89. The lowest BCUT2D eigenvalue weighted by Crippen LogP contribution is -2.34. The molecule has 0 spiro atoms. The van der Waals surface area contributed by atoms with Crippen LogP contribution in [-0.4, -0.2) is 59.7 Å². The molecule has 2 heterocycles. The van der Waals surface area contributed by atoms with Gasteiger partial charge in [0, 0.05) is 31.8 Å². The first-order valence-electron chi connectivity index (χ1n) is 12.4. The molecule has 0 unspecified atom stereocenters. The summed E-state index contributed by atoms with van der Waals surface area (Å²) in [7, 11) is -3.11. The van der Waals surface area contributed by atoms with E-state index in [0.29, 0.717) is 25.7 Å². The maximum Gasteiger partial charge on any atom is 0.389 e. The number of imidazole rings is 1. The average molecular weight is 601 g/mol. The average Bonchev–Trinajstić information content (AvgIpc) is 3.17. The molecule has 1 N–H and O–H groups in total. The summed E-state index contributed by atoms with van der Waals surface area (Å²) in [6.07, 6.45) is -0.709. The van der Waals surface area contributed by atoms with Crippen LogP contribution in [0.3, 0.4) is 0 Å². The van der Waals surface area contributed by atoms with Crippen LogP contribution in [-0.2, 0) is 22.7 Å². The van der Waals surface area contributed by atoms with Gasteiger partial charge in [-0.25, -0.2) is 18.4 Å². The van der Waals surface area contributed by atoms with Gasteiger partial charge in [-0.2, -0.15) is 22.0 Å². The van der Waals surface area contributed by atoms with Crippen molar-refractivity contribution in [2.24, 2.45) is 5.92 Å². The zero-order valence-electron chi connectivity index (χ0n) is 21.4. The van der Waals surface area contributed by atoms with Gasteiger partial charge in [-0.05, 0) is 56.1 Å². The van der Waals surface area contributed by atoms with Crippen LogP contribution < -0.4 is 10.1 Å². The van der Waals surface area contributed by atoms with E-state index in [1.807, 2.05) is 0 Å². The van der Waals surface area contributed by atoms with Gasteiger partial charge in [-0.1, -0.05) is 18.5 Å². The molecule has 1 aliphatic carbocycles. The van der Waals surface area contributed by atoms with E-state index in [0.717, 1.165) is 0 Å². The lowest BCUT2D eigenvalue weighted by Gasteiger charge is -2.27. The Bertz CT molecular complexity index is 1260. The molecule has 8 nitrogen and oxygen atoms in total. The van der Waals surface area contributed by atoms with Crippen molar-refractivity contribution in [3.63, 3.8) is 0 Å². The first-order chi connectivity index (χ1) is 18.2. The largest absolute Gasteiger partial charge is 0.431 e. The molecule has 2 aromatic rings. The second-order valence-electron chi connectivity index (χ2n) is 9.55. The van der Waals surface area contributed by atoms with E-state index in [1.54, 1.807) is 6.92 Å². The molecule has 218 valence electrons. The molecule has 1 saturated carbocycles. The highest BCUT2D eigenvalue weighted by Gasteiger charge is 2.30. The molecular formula is C24H30ClF5N4O4S. The Morgan fingerprint density at radius 1 is 1.26 bits per heavy atom.